The number of carbonyl (C=O) groups is 1. The maximum Gasteiger partial charge on any atom is 0.387 e. The molecule has 0 aliphatic heterocycles. The van der Waals surface area contributed by atoms with Gasteiger partial charge in [-0.3, -0.25) is 9.36 Å². The van der Waals surface area contributed by atoms with Gasteiger partial charge in [-0.05, 0) is 37.1 Å². The van der Waals surface area contributed by atoms with E-state index < -0.39 is 6.61 Å². The fourth-order valence-electron chi connectivity index (χ4n) is 3.70. The second-order valence-corrected chi connectivity index (χ2v) is 8.10. The highest BCUT2D eigenvalue weighted by Crippen LogP contribution is 2.35. The van der Waals surface area contributed by atoms with E-state index in [1.165, 1.54) is 30.3 Å². The van der Waals surface area contributed by atoms with Crippen LogP contribution in [0.5, 0.6) is 5.75 Å². The molecule has 0 radical (unpaired) electrons. The first kappa shape index (κ1) is 21.4. The summed E-state index contributed by atoms with van der Waals surface area (Å²) in [6, 6.07) is 9.97. The van der Waals surface area contributed by atoms with Crippen LogP contribution >= 0.6 is 11.8 Å². The molecule has 1 aliphatic carbocycles. The number of benzene rings is 1. The topological polar surface area (TPSA) is 82.2 Å². The molecule has 0 bridgehead atoms. The minimum absolute atomic E-state index is 0.0476. The molecule has 1 N–H and O–H groups in total. The number of halogens is 2. The van der Waals surface area contributed by atoms with Crippen molar-refractivity contribution < 1.29 is 22.7 Å². The highest BCUT2D eigenvalue weighted by atomic mass is 32.2. The normalized spacial score (nSPS) is 14.7. The van der Waals surface area contributed by atoms with Crippen LogP contribution < -0.4 is 10.1 Å². The summed E-state index contributed by atoms with van der Waals surface area (Å²) in [5, 5.41) is 11.9. The first-order valence-electron chi connectivity index (χ1n) is 10.1. The zero-order valence-corrected chi connectivity index (χ0v) is 17.5. The molecule has 1 fully saturated rings. The van der Waals surface area contributed by atoms with E-state index in [2.05, 4.69) is 24.8 Å². The number of thioether (sulfide) groups is 1. The fourth-order valence-corrected chi connectivity index (χ4v) is 4.51. The Kier molecular flexibility index (Phi) is 6.86. The third kappa shape index (κ3) is 5.25. The zero-order valence-electron chi connectivity index (χ0n) is 16.7. The Labute approximate surface area is 182 Å². The highest BCUT2D eigenvalue weighted by Gasteiger charge is 2.25. The molecule has 0 atom stereocenters. The molecular formula is C21H22F2N4O3S. The molecular weight excluding hydrogens is 426 g/mol. The quantitative estimate of drug-likeness (QED) is 0.466. The number of furan rings is 1. The number of hydrogen-bond acceptors (Lipinski definition) is 6. The maximum absolute atomic E-state index is 12.6. The molecule has 1 aromatic carbocycles. The van der Waals surface area contributed by atoms with Crippen molar-refractivity contribution in [3.05, 3.63) is 42.7 Å². The monoisotopic (exact) mass is 448 g/mol. The van der Waals surface area contributed by atoms with Gasteiger partial charge in [0.1, 0.15) is 5.75 Å². The van der Waals surface area contributed by atoms with Crippen molar-refractivity contribution in [2.75, 3.05) is 11.1 Å². The molecule has 7 nitrogen and oxygen atoms in total. The van der Waals surface area contributed by atoms with Gasteiger partial charge in [-0.1, -0.05) is 43.2 Å². The number of alkyl halides is 2. The number of nitrogens with zero attached hydrogens (tertiary/aromatic N) is 3. The van der Waals surface area contributed by atoms with Gasteiger partial charge in [0.25, 0.3) is 0 Å². The number of aromatic nitrogens is 3. The van der Waals surface area contributed by atoms with E-state index in [0.717, 1.165) is 25.7 Å². The standard InChI is InChI=1S/C21H22F2N4O3S/c22-20(23)30-16-10-5-4-9-15(16)24-18(28)13-31-21-26-25-19(17-11-6-12-29-17)27(21)14-7-2-1-3-8-14/h4-6,9-12,14,20H,1-3,7-8,13H2,(H,24,28). The van der Waals surface area contributed by atoms with Crippen molar-refractivity contribution >= 4 is 23.4 Å². The number of para-hydroxylation sites is 2. The summed E-state index contributed by atoms with van der Waals surface area (Å²) in [4.78, 5) is 12.5. The Hall–Kier alpha value is -2.88. The molecule has 3 aromatic rings. The minimum atomic E-state index is -2.97. The minimum Gasteiger partial charge on any atom is -0.461 e. The van der Waals surface area contributed by atoms with Crippen LogP contribution in [-0.2, 0) is 4.79 Å². The highest BCUT2D eigenvalue weighted by molar-refractivity contribution is 7.99. The van der Waals surface area contributed by atoms with Crippen molar-refractivity contribution in [1.82, 2.24) is 14.8 Å². The molecule has 4 rings (SSSR count). The number of hydrogen-bond donors (Lipinski definition) is 1. The van der Waals surface area contributed by atoms with Gasteiger partial charge in [0.2, 0.25) is 11.7 Å². The lowest BCUT2D eigenvalue weighted by molar-refractivity contribution is -0.113. The number of ether oxygens (including phenoxy) is 1. The molecule has 164 valence electrons. The van der Waals surface area contributed by atoms with E-state index in [1.54, 1.807) is 24.5 Å². The third-order valence-corrected chi connectivity index (χ3v) is 6.00. The lowest BCUT2D eigenvalue weighted by Gasteiger charge is -2.25. The van der Waals surface area contributed by atoms with Crippen LogP contribution in [0.4, 0.5) is 14.5 Å². The maximum atomic E-state index is 12.6. The molecule has 2 aromatic heterocycles. The molecule has 2 heterocycles. The van der Waals surface area contributed by atoms with Crippen molar-refractivity contribution in [3.8, 4) is 17.3 Å². The molecule has 1 amide bonds. The van der Waals surface area contributed by atoms with E-state index in [0.29, 0.717) is 16.7 Å². The Morgan fingerprint density at radius 2 is 2.00 bits per heavy atom. The first-order valence-corrected chi connectivity index (χ1v) is 11.1. The second-order valence-electron chi connectivity index (χ2n) is 7.16. The van der Waals surface area contributed by atoms with Crippen LogP contribution in [0.25, 0.3) is 11.6 Å². The number of carbonyl (C=O) groups excluding carboxylic acids is 1. The van der Waals surface area contributed by atoms with E-state index in [-0.39, 0.29) is 29.1 Å². The molecule has 0 unspecified atom stereocenters. The van der Waals surface area contributed by atoms with Gasteiger partial charge < -0.3 is 14.5 Å². The Morgan fingerprint density at radius 1 is 1.19 bits per heavy atom. The first-order chi connectivity index (χ1) is 15.1. The van der Waals surface area contributed by atoms with Crippen LogP contribution in [-0.4, -0.2) is 33.0 Å². The Bertz CT molecular complexity index is 1000. The summed E-state index contributed by atoms with van der Waals surface area (Å²) < 4.78 is 37.2. The molecule has 1 saturated carbocycles. The smallest absolute Gasteiger partial charge is 0.387 e. The van der Waals surface area contributed by atoms with Crippen LogP contribution in [0, 0.1) is 0 Å². The van der Waals surface area contributed by atoms with E-state index in [4.69, 9.17) is 4.42 Å². The zero-order chi connectivity index (χ0) is 21.6. The van der Waals surface area contributed by atoms with Gasteiger partial charge in [-0.15, -0.1) is 10.2 Å². The van der Waals surface area contributed by atoms with Crippen LogP contribution in [0.2, 0.25) is 0 Å². The van der Waals surface area contributed by atoms with E-state index >= 15 is 0 Å². The van der Waals surface area contributed by atoms with Crippen molar-refractivity contribution in [1.29, 1.82) is 0 Å². The lowest BCUT2D eigenvalue weighted by Crippen LogP contribution is -2.18. The van der Waals surface area contributed by atoms with E-state index in [1.807, 2.05) is 6.07 Å². The van der Waals surface area contributed by atoms with Crippen LogP contribution in [0.3, 0.4) is 0 Å². The van der Waals surface area contributed by atoms with Gasteiger partial charge >= 0.3 is 6.61 Å². The fraction of sp³-hybridized carbons (Fsp3) is 0.381. The summed E-state index contributed by atoms with van der Waals surface area (Å²) in [7, 11) is 0. The average molecular weight is 448 g/mol. The van der Waals surface area contributed by atoms with Gasteiger partial charge in [-0.2, -0.15) is 8.78 Å². The third-order valence-electron chi connectivity index (χ3n) is 5.06. The Balaban J connectivity index is 1.48. The summed E-state index contributed by atoms with van der Waals surface area (Å²) >= 11 is 1.25. The van der Waals surface area contributed by atoms with Gasteiger partial charge in [0, 0.05) is 6.04 Å². The number of nitrogens with one attached hydrogen (secondary N) is 1. The van der Waals surface area contributed by atoms with Crippen molar-refractivity contribution in [3.63, 3.8) is 0 Å². The predicted octanol–water partition coefficient (Wildman–Crippen LogP) is 5.38. The van der Waals surface area contributed by atoms with Crippen LogP contribution in [0.1, 0.15) is 38.1 Å². The van der Waals surface area contributed by atoms with Gasteiger partial charge in [-0.25, -0.2) is 0 Å². The summed E-state index contributed by atoms with van der Waals surface area (Å²) in [5.74, 6) is 0.892. The number of anilines is 1. The van der Waals surface area contributed by atoms with Crippen molar-refractivity contribution in [2.45, 2.75) is 49.9 Å². The van der Waals surface area contributed by atoms with Gasteiger partial charge in [0.15, 0.2) is 10.9 Å². The summed E-state index contributed by atoms with van der Waals surface area (Å²) in [6.07, 6.45) is 7.10. The SMILES string of the molecule is O=C(CSc1nnc(-c2ccco2)n1C1CCCCC1)Nc1ccccc1OC(F)F. The second kappa shape index (κ2) is 9.95. The Morgan fingerprint density at radius 3 is 2.74 bits per heavy atom. The van der Waals surface area contributed by atoms with E-state index in [9.17, 15) is 13.6 Å². The summed E-state index contributed by atoms with van der Waals surface area (Å²) in [5.41, 5.74) is 0.193. The lowest BCUT2D eigenvalue weighted by atomic mass is 9.95. The number of amides is 1. The van der Waals surface area contributed by atoms with Crippen LogP contribution in [0.15, 0.2) is 52.2 Å². The van der Waals surface area contributed by atoms with Crippen molar-refractivity contribution in [2.24, 2.45) is 0 Å². The largest absolute Gasteiger partial charge is 0.461 e. The average Bonchev–Trinajstić information content (AvgIpc) is 3.43. The molecule has 31 heavy (non-hydrogen) atoms. The molecule has 0 saturated heterocycles. The molecule has 0 spiro atoms. The number of rotatable bonds is 8. The van der Waals surface area contributed by atoms with Gasteiger partial charge in [0.05, 0.1) is 17.7 Å². The predicted molar refractivity (Wildman–Crippen MR) is 112 cm³/mol. The molecule has 1 aliphatic rings. The molecule has 10 heteroatoms. The summed E-state index contributed by atoms with van der Waals surface area (Å²) in [6.45, 7) is -2.97.